The standard InChI is InChI=1S/C23H19NO4/c1-2-27-22-12-16(7-10-21(22)28-15-23(25)26)11-20(14-24)19-9-8-17-5-3-4-6-18(17)13-19/h3-13H,2,15H2,1H3,(H,25,26)/b20-11-. The summed E-state index contributed by atoms with van der Waals surface area (Å²) < 4.78 is 10.8. The molecular weight excluding hydrogens is 354 g/mol. The Morgan fingerprint density at radius 1 is 1.04 bits per heavy atom. The highest BCUT2D eigenvalue weighted by Crippen LogP contribution is 2.30. The van der Waals surface area contributed by atoms with Crippen LogP contribution in [0.3, 0.4) is 0 Å². The number of aliphatic carboxylic acids is 1. The second kappa shape index (κ2) is 8.74. The minimum atomic E-state index is -1.06. The maximum absolute atomic E-state index is 10.7. The number of rotatable bonds is 7. The number of nitriles is 1. The van der Waals surface area contributed by atoms with Crippen LogP contribution in [0.25, 0.3) is 22.4 Å². The van der Waals surface area contributed by atoms with Crippen LogP contribution < -0.4 is 9.47 Å². The van der Waals surface area contributed by atoms with Gasteiger partial charge in [0.1, 0.15) is 0 Å². The summed E-state index contributed by atoms with van der Waals surface area (Å²) in [6, 6.07) is 21.3. The predicted molar refractivity (Wildman–Crippen MR) is 108 cm³/mol. The van der Waals surface area contributed by atoms with E-state index in [0.717, 1.165) is 21.9 Å². The van der Waals surface area contributed by atoms with Crippen molar-refractivity contribution in [1.29, 1.82) is 5.26 Å². The molecule has 0 atom stereocenters. The molecule has 5 nitrogen and oxygen atoms in total. The molecule has 0 fully saturated rings. The highest BCUT2D eigenvalue weighted by atomic mass is 16.5. The van der Waals surface area contributed by atoms with Crippen molar-refractivity contribution in [2.24, 2.45) is 0 Å². The first-order chi connectivity index (χ1) is 13.6. The summed E-state index contributed by atoms with van der Waals surface area (Å²) in [7, 11) is 0. The summed E-state index contributed by atoms with van der Waals surface area (Å²) in [5.41, 5.74) is 2.11. The first-order valence-electron chi connectivity index (χ1n) is 8.83. The summed E-state index contributed by atoms with van der Waals surface area (Å²) in [5.74, 6) is -0.270. The van der Waals surface area contributed by atoms with Gasteiger partial charge in [0.2, 0.25) is 0 Å². The fourth-order valence-electron chi connectivity index (χ4n) is 2.85. The summed E-state index contributed by atoms with van der Waals surface area (Å²) >= 11 is 0. The van der Waals surface area contributed by atoms with E-state index >= 15 is 0 Å². The number of hydrogen-bond donors (Lipinski definition) is 1. The molecule has 0 saturated carbocycles. The minimum absolute atomic E-state index is 0.352. The zero-order chi connectivity index (χ0) is 19.9. The van der Waals surface area contributed by atoms with Crippen LogP contribution >= 0.6 is 0 Å². The number of carbonyl (C=O) groups is 1. The molecule has 1 N–H and O–H groups in total. The molecular formula is C23H19NO4. The average molecular weight is 373 g/mol. The van der Waals surface area contributed by atoms with Crippen LogP contribution in [0, 0.1) is 11.3 Å². The Hall–Kier alpha value is -3.78. The van der Waals surface area contributed by atoms with Gasteiger partial charge < -0.3 is 14.6 Å². The van der Waals surface area contributed by atoms with E-state index in [4.69, 9.17) is 14.6 Å². The van der Waals surface area contributed by atoms with Crippen LogP contribution in [0.15, 0.2) is 60.7 Å². The monoisotopic (exact) mass is 373 g/mol. The van der Waals surface area contributed by atoms with Gasteiger partial charge in [-0.15, -0.1) is 0 Å². The van der Waals surface area contributed by atoms with E-state index in [1.807, 2.05) is 49.4 Å². The number of ether oxygens (including phenoxy) is 2. The molecule has 3 rings (SSSR count). The highest BCUT2D eigenvalue weighted by Gasteiger charge is 2.09. The van der Waals surface area contributed by atoms with E-state index < -0.39 is 12.6 Å². The molecule has 0 saturated heterocycles. The zero-order valence-corrected chi connectivity index (χ0v) is 15.4. The molecule has 0 aromatic heterocycles. The van der Waals surface area contributed by atoms with Gasteiger partial charge in [0.15, 0.2) is 18.1 Å². The van der Waals surface area contributed by atoms with Gasteiger partial charge in [-0.05, 0) is 53.1 Å². The third kappa shape index (κ3) is 4.49. The Bertz CT molecular complexity index is 1080. The lowest BCUT2D eigenvalue weighted by molar-refractivity contribution is -0.139. The Morgan fingerprint density at radius 2 is 1.82 bits per heavy atom. The van der Waals surface area contributed by atoms with Crippen molar-refractivity contribution in [3.63, 3.8) is 0 Å². The Morgan fingerprint density at radius 3 is 2.54 bits per heavy atom. The van der Waals surface area contributed by atoms with Gasteiger partial charge >= 0.3 is 5.97 Å². The smallest absolute Gasteiger partial charge is 0.341 e. The van der Waals surface area contributed by atoms with E-state index in [0.29, 0.717) is 23.7 Å². The lowest BCUT2D eigenvalue weighted by Crippen LogP contribution is -2.10. The molecule has 0 heterocycles. The molecule has 3 aromatic carbocycles. The summed E-state index contributed by atoms with van der Waals surface area (Å²) in [6.45, 7) is 1.79. The number of benzene rings is 3. The number of fused-ring (bicyclic) bond motifs is 1. The van der Waals surface area contributed by atoms with E-state index in [-0.39, 0.29) is 0 Å². The van der Waals surface area contributed by atoms with Gasteiger partial charge in [-0.25, -0.2) is 4.79 Å². The second-order valence-electron chi connectivity index (χ2n) is 6.05. The third-order valence-corrected chi connectivity index (χ3v) is 4.11. The highest BCUT2D eigenvalue weighted by molar-refractivity contribution is 5.94. The van der Waals surface area contributed by atoms with Crippen molar-refractivity contribution in [2.75, 3.05) is 13.2 Å². The molecule has 0 aliphatic rings. The predicted octanol–water partition coefficient (Wildman–Crippen LogP) is 4.77. The lowest BCUT2D eigenvalue weighted by Gasteiger charge is -2.11. The van der Waals surface area contributed by atoms with Crippen molar-refractivity contribution < 1.29 is 19.4 Å². The number of allylic oxidation sites excluding steroid dienone is 1. The SMILES string of the molecule is CCOc1cc(/C=C(/C#N)c2ccc3ccccc3c2)ccc1OCC(=O)O. The van der Waals surface area contributed by atoms with Crippen LogP contribution in [-0.4, -0.2) is 24.3 Å². The number of hydrogen-bond acceptors (Lipinski definition) is 4. The van der Waals surface area contributed by atoms with Crippen molar-refractivity contribution in [2.45, 2.75) is 6.92 Å². The summed E-state index contributed by atoms with van der Waals surface area (Å²) in [4.78, 5) is 10.7. The van der Waals surface area contributed by atoms with E-state index in [9.17, 15) is 10.1 Å². The zero-order valence-electron chi connectivity index (χ0n) is 15.4. The molecule has 28 heavy (non-hydrogen) atoms. The molecule has 140 valence electrons. The summed E-state index contributed by atoms with van der Waals surface area (Å²) in [6.07, 6.45) is 1.77. The van der Waals surface area contributed by atoms with Crippen molar-refractivity contribution >= 4 is 28.4 Å². The molecule has 0 aliphatic carbocycles. The van der Waals surface area contributed by atoms with Crippen LogP contribution in [-0.2, 0) is 4.79 Å². The van der Waals surface area contributed by atoms with Gasteiger partial charge in [0, 0.05) is 0 Å². The van der Waals surface area contributed by atoms with E-state index in [2.05, 4.69) is 6.07 Å². The molecule has 0 radical (unpaired) electrons. The molecule has 0 aliphatic heterocycles. The maximum Gasteiger partial charge on any atom is 0.341 e. The number of carboxylic acid groups (broad SMARTS) is 1. The number of nitrogens with zero attached hydrogens (tertiary/aromatic N) is 1. The second-order valence-corrected chi connectivity index (χ2v) is 6.05. The fourth-order valence-corrected chi connectivity index (χ4v) is 2.85. The number of carboxylic acids is 1. The average Bonchev–Trinajstić information content (AvgIpc) is 2.71. The minimum Gasteiger partial charge on any atom is -0.490 e. The van der Waals surface area contributed by atoms with Gasteiger partial charge in [0.25, 0.3) is 0 Å². The molecule has 0 amide bonds. The van der Waals surface area contributed by atoms with Crippen molar-refractivity contribution in [1.82, 2.24) is 0 Å². The molecule has 3 aromatic rings. The Kier molecular flexibility index (Phi) is 5.93. The van der Waals surface area contributed by atoms with Crippen LogP contribution in [0.2, 0.25) is 0 Å². The van der Waals surface area contributed by atoms with Gasteiger partial charge in [0.05, 0.1) is 18.2 Å². The van der Waals surface area contributed by atoms with Crippen LogP contribution in [0.4, 0.5) is 0 Å². The van der Waals surface area contributed by atoms with Gasteiger partial charge in [-0.1, -0.05) is 42.5 Å². The lowest BCUT2D eigenvalue weighted by atomic mass is 10.00. The third-order valence-electron chi connectivity index (χ3n) is 4.11. The van der Waals surface area contributed by atoms with Crippen molar-refractivity contribution in [3.05, 3.63) is 71.8 Å². The van der Waals surface area contributed by atoms with Crippen LogP contribution in [0.1, 0.15) is 18.1 Å². The topological polar surface area (TPSA) is 79.5 Å². The first kappa shape index (κ1) is 19.0. The maximum atomic E-state index is 10.7. The van der Waals surface area contributed by atoms with E-state index in [1.165, 1.54) is 0 Å². The largest absolute Gasteiger partial charge is 0.490 e. The quantitative estimate of drug-likeness (QED) is 0.477. The summed E-state index contributed by atoms with van der Waals surface area (Å²) in [5, 5.41) is 20.6. The van der Waals surface area contributed by atoms with Crippen molar-refractivity contribution in [3.8, 4) is 17.6 Å². The normalized spacial score (nSPS) is 11.1. The molecule has 0 spiro atoms. The van der Waals surface area contributed by atoms with Crippen LogP contribution in [0.5, 0.6) is 11.5 Å². The van der Waals surface area contributed by atoms with Gasteiger partial charge in [-0.3, -0.25) is 0 Å². The fraction of sp³-hybridized carbons (Fsp3) is 0.130. The first-order valence-corrected chi connectivity index (χ1v) is 8.83. The molecule has 5 heteroatoms. The van der Waals surface area contributed by atoms with E-state index in [1.54, 1.807) is 24.3 Å². The molecule has 0 unspecified atom stereocenters. The molecule has 0 bridgehead atoms. The Balaban J connectivity index is 1.95. The Labute approximate surface area is 163 Å². The van der Waals surface area contributed by atoms with Gasteiger partial charge in [-0.2, -0.15) is 5.26 Å².